The third-order valence-corrected chi connectivity index (χ3v) is 4.30. The lowest BCUT2D eigenvalue weighted by atomic mass is 10.2. The summed E-state index contributed by atoms with van der Waals surface area (Å²) in [5.41, 5.74) is 2.60. The number of methoxy groups -OCH3 is 1. The molecule has 2 aromatic rings. The minimum absolute atomic E-state index is 0.280. The van der Waals surface area contributed by atoms with Crippen LogP contribution in [0.5, 0.6) is 5.75 Å². The summed E-state index contributed by atoms with van der Waals surface area (Å²) in [6.45, 7) is 2.32. The highest BCUT2D eigenvalue weighted by molar-refractivity contribution is 7.84. The Morgan fingerprint density at radius 1 is 1.17 bits per heavy atom. The average molecular weight is 332 g/mol. The van der Waals surface area contributed by atoms with E-state index in [1.165, 1.54) is 0 Å². The highest BCUT2D eigenvalue weighted by atomic mass is 32.2. The highest BCUT2D eigenvalue weighted by Gasteiger charge is 2.05. The van der Waals surface area contributed by atoms with Crippen molar-refractivity contribution in [2.24, 2.45) is 0 Å². The van der Waals surface area contributed by atoms with Gasteiger partial charge in [-0.25, -0.2) is 4.79 Å². The molecule has 0 spiro atoms. The van der Waals surface area contributed by atoms with Gasteiger partial charge in [0.25, 0.3) is 0 Å². The predicted octanol–water partition coefficient (Wildman–Crippen LogP) is 3.06. The van der Waals surface area contributed by atoms with Crippen molar-refractivity contribution in [3.05, 3.63) is 53.6 Å². The standard InChI is InChI=1S/C17H20N2O3S/c1-12-10-14(6-9-16(12)22-2)19-17(20)18-11-13-4-7-15(8-5-13)23(3)21/h4-10H,11H2,1-3H3,(H2,18,19,20)/t23-/m1/s1. The summed E-state index contributed by atoms with van der Waals surface area (Å²) in [4.78, 5) is 12.7. The molecule has 0 aliphatic heterocycles. The molecule has 0 saturated heterocycles. The van der Waals surface area contributed by atoms with E-state index in [1.54, 1.807) is 31.6 Å². The number of urea groups is 1. The Kier molecular flexibility index (Phi) is 5.76. The summed E-state index contributed by atoms with van der Waals surface area (Å²) in [5, 5.41) is 5.57. The van der Waals surface area contributed by atoms with Gasteiger partial charge in [-0.1, -0.05) is 12.1 Å². The molecule has 6 heteroatoms. The number of ether oxygens (including phenoxy) is 1. The third kappa shape index (κ3) is 4.82. The summed E-state index contributed by atoms with van der Waals surface area (Å²) in [6.07, 6.45) is 1.64. The number of benzene rings is 2. The molecule has 0 fully saturated rings. The molecule has 2 aromatic carbocycles. The Bertz CT molecular complexity index is 714. The molecule has 0 heterocycles. The van der Waals surface area contributed by atoms with Crippen molar-refractivity contribution in [1.29, 1.82) is 0 Å². The van der Waals surface area contributed by atoms with Crippen LogP contribution >= 0.6 is 0 Å². The van der Waals surface area contributed by atoms with Crippen molar-refractivity contribution in [1.82, 2.24) is 5.32 Å². The molecule has 0 bridgehead atoms. The van der Waals surface area contributed by atoms with Crippen molar-refractivity contribution in [3.63, 3.8) is 0 Å². The first kappa shape index (κ1) is 17.0. The van der Waals surface area contributed by atoms with Crippen LogP contribution in [0.3, 0.4) is 0 Å². The number of anilines is 1. The first-order valence-electron chi connectivity index (χ1n) is 7.11. The second kappa shape index (κ2) is 7.78. The molecule has 0 aromatic heterocycles. The van der Waals surface area contributed by atoms with E-state index in [9.17, 15) is 9.00 Å². The molecule has 0 radical (unpaired) electrons. The van der Waals surface area contributed by atoms with Gasteiger partial charge in [0.1, 0.15) is 5.75 Å². The Labute approximate surface area is 138 Å². The summed E-state index contributed by atoms with van der Waals surface area (Å²) in [7, 11) is 0.621. The summed E-state index contributed by atoms with van der Waals surface area (Å²) >= 11 is 0. The quantitative estimate of drug-likeness (QED) is 0.884. The minimum Gasteiger partial charge on any atom is -0.496 e. The van der Waals surface area contributed by atoms with Gasteiger partial charge in [0.2, 0.25) is 0 Å². The number of carbonyl (C=O) groups excluding carboxylic acids is 1. The van der Waals surface area contributed by atoms with E-state index >= 15 is 0 Å². The minimum atomic E-state index is -0.992. The van der Waals surface area contributed by atoms with Crippen LogP contribution in [0.15, 0.2) is 47.4 Å². The fourth-order valence-corrected chi connectivity index (χ4v) is 2.63. The average Bonchev–Trinajstić information content (AvgIpc) is 2.53. The molecule has 1 atom stereocenters. The molecule has 23 heavy (non-hydrogen) atoms. The molecule has 5 nitrogen and oxygen atoms in total. The Balaban J connectivity index is 1.89. The maximum atomic E-state index is 11.9. The van der Waals surface area contributed by atoms with Gasteiger partial charge < -0.3 is 15.4 Å². The molecule has 2 amide bonds. The molecule has 0 saturated carbocycles. The van der Waals surface area contributed by atoms with Crippen LogP contribution < -0.4 is 15.4 Å². The van der Waals surface area contributed by atoms with Crippen LogP contribution in [0, 0.1) is 6.92 Å². The molecule has 0 unspecified atom stereocenters. The van der Waals surface area contributed by atoms with Gasteiger partial charge in [0.15, 0.2) is 0 Å². The molecular weight excluding hydrogens is 312 g/mol. The zero-order valence-electron chi connectivity index (χ0n) is 13.4. The van der Waals surface area contributed by atoms with Crippen molar-refractivity contribution < 1.29 is 13.7 Å². The molecule has 0 aliphatic rings. The van der Waals surface area contributed by atoms with E-state index in [1.807, 2.05) is 31.2 Å². The van der Waals surface area contributed by atoms with E-state index < -0.39 is 10.8 Å². The lowest BCUT2D eigenvalue weighted by Crippen LogP contribution is -2.28. The molecule has 2 N–H and O–H groups in total. The van der Waals surface area contributed by atoms with Gasteiger partial charge in [-0.15, -0.1) is 0 Å². The van der Waals surface area contributed by atoms with Gasteiger partial charge in [0.05, 0.1) is 7.11 Å². The van der Waals surface area contributed by atoms with E-state index in [0.29, 0.717) is 12.2 Å². The topological polar surface area (TPSA) is 67.4 Å². The van der Waals surface area contributed by atoms with Crippen molar-refractivity contribution in [2.75, 3.05) is 18.7 Å². The number of carbonyl (C=O) groups is 1. The molecule has 122 valence electrons. The normalized spacial score (nSPS) is 11.6. The smallest absolute Gasteiger partial charge is 0.319 e. The maximum Gasteiger partial charge on any atom is 0.319 e. The zero-order chi connectivity index (χ0) is 16.8. The lowest BCUT2D eigenvalue weighted by Gasteiger charge is -2.10. The number of rotatable bonds is 5. The molecular formula is C17H20N2O3S. The number of amides is 2. The van der Waals surface area contributed by atoms with Crippen LogP contribution in [-0.4, -0.2) is 23.6 Å². The Hall–Kier alpha value is -2.34. The van der Waals surface area contributed by atoms with Gasteiger partial charge in [-0.05, 0) is 48.4 Å². The molecule has 0 aliphatic carbocycles. The summed E-state index contributed by atoms with van der Waals surface area (Å²) in [5.74, 6) is 0.782. The van der Waals surface area contributed by atoms with Gasteiger partial charge in [-0.2, -0.15) is 0 Å². The first-order chi connectivity index (χ1) is 11.0. The number of hydrogen-bond donors (Lipinski definition) is 2. The van der Waals surface area contributed by atoms with Crippen molar-refractivity contribution in [2.45, 2.75) is 18.4 Å². The highest BCUT2D eigenvalue weighted by Crippen LogP contribution is 2.21. The van der Waals surface area contributed by atoms with Gasteiger partial charge in [0, 0.05) is 34.2 Å². The van der Waals surface area contributed by atoms with E-state index in [0.717, 1.165) is 21.8 Å². The molecule has 2 rings (SSSR count). The maximum absolute atomic E-state index is 11.9. The zero-order valence-corrected chi connectivity index (χ0v) is 14.2. The van der Waals surface area contributed by atoms with E-state index in [4.69, 9.17) is 4.74 Å². The van der Waals surface area contributed by atoms with Gasteiger partial charge >= 0.3 is 6.03 Å². The summed E-state index contributed by atoms with van der Waals surface area (Å²) in [6, 6.07) is 12.5. The first-order valence-corrected chi connectivity index (χ1v) is 8.67. The largest absolute Gasteiger partial charge is 0.496 e. The van der Waals surface area contributed by atoms with Crippen molar-refractivity contribution >= 4 is 22.5 Å². The summed E-state index contributed by atoms with van der Waals surface area (Å²) < 4.78 is 16.5. The number of nitrogens with one attached hydrogen (secondary N) is 2. The van der Waals surface area contributed by atoms with Crippen LogP contribution in [0.25, 0.3) is 0 Å². The fourth-order valence-electron chi connectivity index (χ4n) is 2.11. The number of hydrogen-bond acceptors (Lipinski definition) is 3. The van der Waals surface area contributed by atoms with Crippen LogP contribution in [-0.2, 0) is 17.3 Å². The monoisotopic (exact) mass is 332 g/mol. The Morgan fingerprint density at radius 2 is 1.87 bits per heavy atom. The van der Waals surface area contributed by atoms with Crippen molar-refractivity contribution in [3.8, 4) is 5.75 Å². The second-order valence-corrected chi connectivity index (χ2v) is 6.47. The lowest BCUT2D eigenvalue weighted by molar-refractivity contribution is 0.251. The van der Waals surface area contributed by atoms with E-state index in [2.05, 4.69) is 10.6 Å². The van der Waals surface area contributed by atoms with Gasteiger partial charge in [-0.3, -0.25) is 4.21 Å². The fraction of sp³-hybridized carbons (Fsp3) is 0.235. The second-order valence-electron chi connectivity index (χ2n) is 5.09. The Morgan fingerprint density at radius 3 is 2.43 bits per heavy atom. The van der Waals surface area contributed by atoms with Crippen LogP contribution in [0.4, 0.5) is 10.5 Å². The van der Waals surface area contributed by atoms with Crippen LogP contribution in [0.2, 0.25) is 0 Å². The number of aryl methyl sites for hydroxylation is 1. The third-order valence-electron chi connectivity index (χ3n) is 3.36. The predicted molar refractivity (Wildman–Crippen MR) is 92.4 cm³/mol. The SMILES string of the molecule is COc1ccc(NC(=O)NCc2ccc([S@@](C)=O)cc2)cc1C. The van der Waals surface area contributed by atoms with E-state index in [-0.39, 0.29) is 6.03 Å². The van der Waals surface area contributed by atoms with Crippen LogP contribution in [0.1, 0.15) is 11.1 Å².